The number of halogens is 2. The zero-order valence-electron chi connectivity index (χ0n) is 7.42. The van der Waals surface area contributed by atoms with E-state index >= 15 is 0 Å². The molecule has 0 amide bonds. The first kappa shape index (κ1) is 10.4. The fraction of sp³-hybridized carbons (Fsp3) is 0.100. The molecule has 0 spiro atoms. The van der Waals surface area contributed by atoms with Gasteiger partial charge >= 0.3 is 5.97 Å². The lowest BCUT2D eigenvalue weighted by atomic mass is 10.1. The van der Waals surface area contributed by atoms with E-state index in [0.29, 0.717) is 6.07 Å². The van der Waals surface area contributed by atoms with Crippen LogP contribution in [0.25, 0.3) is 5.57 Å². The molecule has 0 saturated carbocycles. The monoisotopic (exact) mass is 198 g/mol. The van der Waals surface area contributed by atoms with Crippen molar-refractivity contribution < 1.29 is 18.7 Å². The Morgan fingerprint density at radius 2 is 2.07 bits per heavy atom. The van der Waals surface area contributed by atoms with Crippen molar-refractivity contribution in [2.24, 2.45) is 0 Å². The Kier molecular flexibility index (Phi) is 2.96. The number of aliphatic carboxylic acids is 1. The van der Waals surface area contributed by atoms with Crippen LogP contribution < -0.4 is 0 Å². The maximum atomic E-state index is 13.1. The number of benzene rings is 1. The van der Waals surface area contributed by atoms with E-state index in [9.17, 15) is 13.6 Å². The van der Waals surface area contributed by atoms with E-state index in [1.54, 1.807) is 0 Å². The Morgan fingerprint density at radius 1 is 1.43 bits per heavy atom. The molecule has 1 aromatic carbocycles. The summed E-state index contributed by atoms with van der Waals surface area (Å²) in [6, 6.07) is 3.01. The third kappa shape index (κ3) is 2.39. The standard InChI is InChI=1S/C10H8F2O2/c1-6(4-10(13)14)8-3-2-7(11)5-9(8)12/h2-5H,1H3,(H,13,14)/b6-4-. The summed E-state index contributed by atoms with van der Waals surface area (Å²) in [7, 11) is 0. The molecule has 0 fully saturated rings. The lowest BCUT2D eigenvalue weighted by molar-refractivity contribution is -0.131. The Balaban J connectivity index is 3.14. The van der Waals surface area contributed by atoms with Crippen molar-refractivity contribution in [3.05, 3.63) is 41.5 Å². The summed E-state index contributed by atoms with van der Waals surface area (Å²) in [6.07, 6.45) is 0.871. The molecule has 0 radical (unpaired) electrons. The van der Waals surface area contributed by atoms with Gasteiger partial charge in [-0.05, 0) is 24.6 Å². The number of hydrogen-bond acceptors (Lipinski definition) is 1. The van der Waals surface area contributed by atoms with Gasteiger partial charge in [-0.3, -0.25) is 0 Å². The van der Waals surface area contributed by atoms with Crippen LogP contribution in [0, 0.1) is 11.6 Å². The van der Waals surface area contributed by atoms with Crippen molar-refractivity contribution in [3.63, 3.8) is 0 Å². The number of rotatable bonds is 2. The van der Waals surface area contributed by atoms with Crippen LogP contribution in [0.5, 0.6) is 0 Å². The first-order valence-electron chi connectivity index (χ1n) is 3.87. The molecule has 2 nitrogen and oxygen atoms in total. The molecule has 0 aliphatic heterocycles. The molecule has 0 unspecified atom stereocenters. The number of carbonyl (C=O) groups is 1. The van der Waals surface area contributed by atoms with Crippen LogP contribution in [0.2, 0.25) is 0 Å². The van der Waals surface area contributed by atoms with Gasteiger partial charge in [-0.15, -0.1) is 0 Å². The van der Waals surface area contributed by atoms with E-state index in [-0.39, 0.29) is 11.1 Å². The molecular weight excluding hydrogens is 190 g/mol. The molecule has 74 valence electrons. The number of carboxylic acid groups (broad SMARTS) is 1. The summed E-state index contributed by atoms with van der Waals surface area (Å²) >= 11 is 0. The van der Waals surface area contributed by atoms with Gasteiger partial charge in [-0.25, -0.2) is 13.6 Å². The van der Waals surface area contributed by atoms with E-state index in [1.807, 2.05) is 0 Å². The van der Waals surface area contributed by atoms with Gasteiger partial charge in [-0.2, -0.15) is 0 Å². The zero-order valence-corrected chi connectivity index (χ0v) is 7.42. The highest BCUT2D eigenvalue weighted by molar-refractivity contribution is 5.89. The third-order valence-electron chi connectivity index (χ3n) is 1.70. The van der Waals surface area contributed by atoms with Crippen molar-refractivity contribution in [2.45, 2.75) is 6.92 Å². The van der Waals surface area contributed by atoms with Crippen molar-refractivity contribution >= 4 is 11.5 Å². The molecule has 14 heavy (non-hydrogen) atoms. The quantitative estimate of drug-likeness (QED) is 0.741. The van der Waals surface area contributed by atoms with Crippen LogP contribution in [-0.2, 0) is 4.79 Å². The van der Waals surface area contributed by atoms with Crippen LogP contribution >= 0.6 is 0 Å². The maximum Gasteiger partial charge on any atom is 0.328 e. The Hall–Kier alpha value is -1.71. The van der Waals surface area contributed by atoms with E-state index in [4.69, 9.17) is 5.11 Å². The highest BCUT2D eigenvalue weighted by Gasteiger charge is 2.06. The second-order valence-electron chi connectivity index (χ2n) is 2.79. The van der Waals surface area contributed by atoms with Gasteiger partial charge < -0.3 is 5.11 Å². The van der Waals surface area contributed by atoms with Gasteiger partial charge in [0.05, 0.1) is 0 Å². The molecule has 0 aliphatic rings. The molecule has 0 bridgehead atoms. The van der Waals surface area contributed by atoms with E-state index < -0.39 is 17.6 Å². The predicted molar refractivity (Wildman–Crippen MR) is 47.6 cm³/mol. The molecule has 1 aromatic rings. The second-order valence-corrected chi connectivity index (χ2v) is 2.79. The van der Waals surface area contributed by atoms with Crippen molar-refractivity contribution in [1.29, 1.82) is 0 Å². The zero-order chi connectivity index (χ0) is 10.7. The molecule has 0 atom stereocenters. The van der Waals surface area contributed by atoms with Gasteiger partial charge in [-0.1, -0.05) is 0 Å². The summed E-state index contributed by atoms with van der Waals surface area (Å²) in [4.78, 5) is 10.3. The molecule has 0 aromatic heterocycles. The number of allylic oxidation sites excluding steroid dienone is 1. The van der Waals surface area contributed by atoms with Crippen LogP contribution in [0.3, 0.4) is 0 Å². The summed E-state index contributed by atoms with van der Waals surface area (Å²) in [5.41, 5.74) is 0.337. The van der Waals surface area contributed by atoms with E-state index in [1.165, 1.54) is 13.0 Å². The first-order chi connectivity index (χ1) is 6.50. The molecule has 0 heterocycles. The highest BCUT2D eigenvalue weighted by atomic mass is 19.1. The van der Waals surface area contributed by atoms with Crippen LogP contribution in [0.1, 0.15) is 12.5 Å². The number of hydrogen-bond donors (Lipinski definition) is 1. The minimum atomic E-state index is -1.16. The lowest BCUT2D eigenvalue weighted by Crippen LogP contribution is -1.93. The Morgan fingerprint density at radius 3 is 2.57 bits per heavy atom. The average molecular weight is 198 g/mol. The minimum Gasteiger partial charge on any atom is -0.478 e. The summed E-state index contributed by atoms with van der Waals surface area (Å²) < 4.78 is 25.6. The van der Waals surface area contributed by atoms with Crippen LogP contribution in [0.4, 0.5) is 8.78 Å². The van der Waals surface area contributed by atoms with Crippen molar-refractivity contribution in [1.82, 2.24) is 0 Å². The topological polar surface area (TPSA) is 37.3 Å². The summed E-state index contributed by atoms with van der Waals surface area (Å²) in [5, 5.41) is 8.42. The van der Waals surface area contributed by atoms with Gasteiger partial charge in [0.2, 0.25) is 0 Å². The largest absolute Gasteiger partial charge is 0.478 e. The molecule has 0 saturated heterocycles. The smallest absolute Gasteiger partial charge is 0.328 e. The summed E-state index contributed by atoms with van der Waals surface area (Å²) in [5.74, 6) is -2.61. The van der Waals surface area contributed by atoms with Gasteiger partial charge in [0.1, 0.15) is 11.6 Å². The van der Waals surface area contributed by atoms with Gasteiger partial charge in [0.15, 0.2) is 0 Å². The van der Waals surface area contributed by atoms with Crippen molar-refractivity contribution in [3.8, 4) is 0 Å². The highest BCUT2D eigenvalue weighted by Crippen LogP contribution is 2.18. The van der Waals surface area contributed by atoms with E-state index in [2.05, 4.69) is 0 Å². The van der Waals surface area contributed by atoms with Gasteiger partial charge in [0.25, 0.3) is 0 Å². The van der Waals surface area contributed by atoms with E-state index in [0.717, 1.165) is 12.1 Å². The first-order valence-corrected chi connectivity index (χ1v) is 3.87. The molecule has 4 heteroatoms. The lowest BCUT2D eigenvalue weighted by Gasteiger charge is -2.01. The molecule has 0 aliphatic carbocycles. The predicted octanol–water partition coefficient (Wildman–Crippen LogP) is 2.45. The third-order valence-corrected chi connectivity index (χ3v) is 1.70. The maximum absolute atomic E-state index is 13.1. The molecule has 1 N–H and O–H groups in total. The molecule has 1 rings (SSSR count). The fourth-order valence-corrected chi connectivity index (χ4v) is 1.07. The fourth-order valence-electron chi connectivity index (χ4n) is 1.07. The van der Waals surface area contributed by atoms with Crippen LogP contribution in [-0.4, -0.2) is 11.1 Å². The Bertz CT molecular complexity index is 397. The van der Waals surface area contributed by atoms with Crippen LogP contribution in [0.15, 0.2) is 24.3 Å². The number of carboxylic acids is 1. The summed E-state index contributed by atoms with van der Waals surface area (Å²) in [6.45, 7) is 1.45. The second kappa shape index (κ2) is 4.00. The molecular formula is C10H8F2O2. The van der Waals surface area contributed by atoms with Crippen molar-refractivity contribution in [2.75, 3.05) is 0 Å². The SMILES string of the molecule is C/C(=C/C(=O)O)c1ccc(F)cc1F. The Labute approximate surface area is 79.5 Å². The van der Waals surface area contributed by atoms with Gasteiger partial charge in [0, 0.05) is 17.7 Å². The minimum absolute atomic E-state index is 0.0915. The normalized spacial score (nSPS) is 11.5. The average Bonchev–Trinajstić information content (AvgIpc) is 2.01.